The Morgan fingerprint density at radius 1 is 1.14 bits per heavy atom. The Kier molecular flexibility index (Phi) is 4.51. The highest BCUT2D eigenvalue weighted by Crippen LogP contribution is 2.35. The second-order valence-corrected chi connectivity index (χ2v) is 7.57. The highest BCUT2D eigenvalue weighted by atomic mass is 35.5. The summed E-state index contributed by atoms with van der Waals surface area (Å²) >= 11 is 12.1. The molecule has 21 heavy (non-hydrogen) atoms. The van der Waals surface area contributed by atoms with Gasteiger partial charge in [0.15, 0.2) is 9.84 Å². The first kappa shape index (κ1) is 16.1. The fraction of sp³-hybridized carbons (Fsp3) is 0.231. The highest BCUT2D eigenvalue weighted by molar-refractivity contribution is 7.90. The monoisotopic (exact) mass is 348 g/mol. The normalized spacial score (nSPS) is 13.2. The number of hydrogen-bond donors (Lipinski definition) is 0. The van der Waals surface area contributed by atoms with E-state index in [1.54, 1.807) is 6.07 Å². The maximum atomic E-state index is 13.8. The van der Waals surface area contributed by atoms with Crippen molar-refractivity contribution < 1.29 is 12.8 Å². The molecular formula is C13H11Cl2FN2O2S. The van der Waals surface area contributed by atoms with Gasteiger partial charge in [0.25, 0.3) is 0 Å². The first-order valence-electron chi connectivity index (χ1n) is 5.88. The van der Waals surface area contributed by atoms with Crippen LogP contribution in [0.4, 0.5) is 4.39 Å². The summed E-state index contributed by atoms with van der Waals surface area (Å²) in [6.45, 7) is 1.43. The number of rotatable bonds is 3. The van der Waals surface area contributed by atoms with Gasteiger partial charge in [0, 0.05) is 11.8 Å². The van der Waals surface area contributed by atoms with Crippen LogP contribution in [0.25, 0.3) is 11.1 Å². The van der Waals surface area contributed by atoms with Crippen LogP contribution in [0.5, 0.6) is 0 Å². The standard InChI is InChI=1S/C13H11Cl2FN2O2S/c1-7(21(2,19)20)13-17-11(14)10(12(15)18-13)8-5-3-4-6-9(8)16/h3-7H,1-2H3. The molecule has 0 N–H and O–H groups in total. The number of benzene rings is 1. The average molecular weight is 349 g/mol. The molecule has 1 aromatic heterocycles. The van der Waals surface area contributed by atoms with Crippen LogP contribution >= 0.6 is 23.2 Å². The average Bonchev–Trinajstić information content (AvgIpc) is 2.38. The molecular weight excluding hydrogens is 338 g/mol. The van der Waals surface area contributed by atoms with E-state index < -0.39 is 20.9 Å². The van der Waals surface area contributed by atoms with Gasteiger partial charge in [-0.25, -0.2) is 22.8 Å². The molecule has 4 nitrogen and oxygen atoms in total. The van der Waals surface area contributed by atoms with Gasteiger partial charge in [-0.2, -0.15) is 0 Å². The van der Waals surface area contributed by atoms with Crippen LogP contribution in [0.2, 0.25) is 10.3 Å². The minimum absolute atomic E-state index is 0.0208. The lowest BCUT2D eigenvalue weighted by Crippen LogP contribution is -2.12. The van der Waals surface area contributed by atoms with Crippen molar-refractivity contribution in [2.75, 3.05) is 6.26 Å². The molecule has 8 heteroatoms. The Morgan fingerprint density at radius 2 is 1.67 bits per heavy atom. The van der Waals surface area contributed by atoms with Crippen molar-refractivity contribution in [3.63, 3.8) is 0 Å². The van der Waals surface area contributed by atoms with Crippen molar-refractivity contribution in [3.8, 4) is 11.1 Å². The molecule has 0 amide bonds. The van der Waals surface area contributed by atoms with Gasteiger partial charge >= 0.3 is 0 Å². The predicted octanol–water partition coefficient (Wildman–Crippen LogP) is 3.70. The molecule has 0 spiro atoms. The molecule has 2 rings (SSSR count). The molecule has 1 unspecified atom stereocenters. The van der Waals surface area contributed by atoms with E-state index in [9.17, 15) is 12.8 Å². The van der Waals surface area contributed by atoms with E-state index >= 15 is 0 Å². The molecule has 1 aromatic carbocycles. The lowest BCUT2D eigenvalue weighted by atomic mass is 10.1. The molecule has 1 heterocycles. The van der Waals surface area contributed by atoms with Crippen molar-refractivity contribution in [2.45, 2.75) is 12.2 Å². The summed E-state index contributed by atoms with van der Waals surface area (Å²) in [5.41, 5.74) is 0.298. The fourth-order valence-electron chi connectivity index (χ4n) is 1.68. The Bertz CT molecular complexity index is 774. The van der Waals surface area contributed by atoms with Crippen LogP contribution in [-0.4, -0.2) is 24.6 Å². The summed E-state index contributed by atoms with van der Waals surface area (Å²) < 4.78 is 36.9. The van der Waals surface area contributed by atoms with Gasteiger partial charge in [-0.05, 0) is 13.0 Å². The lowest BCUT2D eigenvalue weighted by molar-refractivity contribution is 0.589. The van der Waals surface area contributed by atoms with E-state index in [0.717, 1.165) is 6.26 Å². The second-order valence-electron chi connectivity index (χ2n) is 4.49. The summed E-state index contributed by atoms with van der Waals surface area (Å²) in [7, 11) is -3.39. The van der Waals surface area contributed by atoms with Gasteiger partial charge in [-0.1, -0.05) is 41.4 Å². The minimum atomic E-state index is -3.39. The van der Waals surface area contributed by atoms with Gasteiger partial charge in [0.05, 0.1) is 5.56 Å². The van der Waals surface area contributed by atoms with Gasteiger partial charge in [0.1, 0.15) is 27.2 Å². The summed E-state index contributed by atoms with van der Waals surface area (Å²) in [6, 6.07) is 5.90. The zero-order valence-electron chi connectivity index (χ0n) is 11.1. The maximum Gasteiger partial charge on any atom is 0.157 e. The van der Waals surface area contributed by atoms with Crippen LogP contribution < -0.4 is 0 Å². The van der Waals surface area contributed by atoms with Crippen molar-refractivity contribution >= 4 is 33.0 Å². The third kappa shape index (κ3) is 3.33. The molecule has 0 fully saturated rings. The van der Waals surface area contributed by atoms with E-state index in [0.29, 0.717) is 0 Å². The van der Waals surface area contributed by atoms with E-state index in [1.807, 2.05) is 0 Å². The number of hydrogen-bond acceptors (Lipinski definition) is 4. The van der Waals surface area contributed by atoms with Gasteiger partial charge in [0.2, 0.25) is 0 Å². The van der Waals surface area contributed by atoms with E-state index in [1.165, 1.54) is 25.1 Å². The predicted molar refractivity (Wildman–Crippen MR) is 80.7 cm³/mol. The first-order valence-corrected chi connectivity index (χ1v) is 8.59. The molecule has 0 aliphatic carbocycles. The van der Waals surface area contributed by atoms with Crippen LogP contribution in [0, 0.1) is 5.82 Å². The third-order valence-electron chi connectivity index (χ3n) is 2.99. The highest BCUT2D eigenvalue weighted by Gasteiger charge is 2.24. The fourth-order valence-corrected chi connectivity index (χ4v) is 2.78. The Labute approximate surface area is 131 Å². The van der Waals surface area contributed by atoms with Crippen molar-refractivity contribution in [3.05, 3.63) is 46.2 Å². The van der Waals surface area contributed by atoms with Crippen LogP contribution in [-0.2, 0) is 9.84 Å². The number of nitrogens with zero attached hydrogens (tertiary/aromatic N) is 2. The molecule has 112 valence electrons. The van der Waals surface area contributed by atoms with E-state index in [-0.39, 0.29) is 27.3 Å². The quantitative estimate of drug-likeness (QED) is 0.793. The lowest BCUT2D eigenvalue weighted by Gasteiger charge is -2.12. The van der Waals surface area contributed by atoms with Crippen molar-refractivity contribution in [2.24, 2.45) is 0 Å². The van der Waals surface area contributed by atoms with Crippen LogP contribution in [0.3, 0.4) is 0 Å². The summed E-state index contributed by atoms with van der Waals surface area (Å²) in [5, 5.41) is -1.14. The Balaban J connectivity index is 2.61. The van der Waals surface area contributed by atoms with Crippen molar-refractivity contribution in [1.82, 2.24) is 9.97 Å². The number of aromatic nitrogens is 2. The van der Waals surface area contributed by atoms with E-state index in [2.05, 4.69) is 9.97 Å². The van der Waals surface area contributed by atoms with Crippen molar-refractivity contribution in [1.29, 1.82) is 0 Å². The minimum Gasteiger partial charge on any atom is -0.228 e. The molecule has 0 saturated carbocycles. The van der Waals surface area contributed by atoms with Gasteiger partial charge in [-0.15, -0.1) is 0 Å². The topological polar surface area (TPSA) is 59.9 Å². The molecule has 2 aromatic rings. The summed E-state index contributed by atoms with van der Waals surface area (Å²) in [4.78, 5) is 7.88. The molecule has 0 bridgehead atoms. The maximum absolute atomic E-state index is 13.8. The molecule has 0 saturated heterocycles. The zero-order chi connectivity index (χ0) is 15.8. The molecule has 0 aliphatic heterocycles. The van der Waals surface area contributed by atoms with Gasteiger partial charge < -0.3 is 0 Å². The van der Waals surface area contributed by atoms with Gasteiger partial charge in [-0.3, -0.25) is 0 Å². The third-order valence-corrected chi connectivity index (χ3v) is 5.03. The van der Waals surface area contributed by atoms with E-state index in [4.69, 9.17) is 23.2 Å². The molecule has 1 atom stereocenters. The second kappa shape index (κ2) is 5.87. The van der Waals surface area contributed by atoms with Crippen LogP contribution in [0.1, 0.15) is 18.0 Å². The summed E-state index contributed by atoms with van der Waals surface area (Å²) in [5.74, 6) is -0.540. The summed E-state index contributed by atoms with van der Waals surface area (Å²) in [6.07, 6.45) is 1.06. The van der Waals surface area contributed by atoms with Crippen LogP contribution in [0.15, 0.2) is 24.3 Å². The Hall–Kier alpha value is -1.24. The first-order chi connectivity index (χ1) is 9.71. The number of sulfone groups is 1. The SMILES string of the molecule is CC(c1nc(Cl)c(-c2ccccc2F)c(Cl)n1)S(C)(=O)=O. The molecule has 0 aliphatic rings. The largest absolute Gasteiger partial charge is 0.228 e. The smallest absolute Gasteiger partial charge is 0.157 e. The Morgan fingerprint density at radius 3 is 2.14 bits per heavy atom. The zero-order valence-corrected chi connectivity index (χ0v) is 13.5. The molecule has 0 radical (unpaired) electrons. The number of halogens is 3.